The first-order valence-electron chi connectivity index (χ1n) is 7.06. The van der Waals surface area contributed by atoms with Crippen LogP contribution in [0.4, 0.5) is 8.78 Å². The lowest BCUT2D eigenvalue weighted by molar-refractivity contribution is -0.119. The highest BCUT2D eigenvalue weighted by Gasteiger charge is 2.27. The molecule has 1 amide bonds. The summed E-state index contributed by atoms with van der Waals surface area (Å²) >= 11 is 5.62. The van der Waals surface area contributed by atoms with Gasteiger partial charge in [0, 0.05) is 6.42 Å². The largest absolute Gasteiger partial charge is 0.497 e. The number of ether oxygens (including phenoxy) is 1. The molecule has 0 spiro atoms. The van der Waals surface area contributed by atoms with Crippen molar-refractivity contribution in [3.63, 3.8) is 0 Å². The molecule has 0 unspecified atom stereocenters. The van der Waals surface area contributed by atoms with Crippen molar-refractivity contribution in [1.29, 1.82) is 0 Å². The van der Waals surface area contributed by atoms with E-state index >= 15 is 0 Å². The minimum Gasteiger partial charge on any atom is -0.497 e. The normalized spacial score (nSPS) is 11.2. The summed E-state index contributed by atoms with van der Waals surface area (Å²) in [6.07, 6.45) is 0.0881. The maximum Gasteiger partial charge on any atom is 0.268 e. The Balaban J connectivity index is 2.07. The number of carbonyl (C=O) groups is 1. The summed E-state index contributed by atoms with van der Waals surface area (Å²) in [5.41, 5.74) is 0.781. The summed E-state index contributed by atoms with van der Waals surface area (Å²) in [6.45, 7) is 0. The fourth-order valence-electron chi connectivity index (χ4n) is 2.06. The predicted molar refractivity (Wildman–Crippen MR) is 88.0 cm³/mol. The number of carbonyl (C=O) groups excluding carboxylic acids is 1. The molecule has 5 nitrogen and oxygen atoms in total. The molecular weight excluding hydrogens is 376 g/mol. The standard InChI is InChI=1S/C16H14ClF2NO4S/c1-24-11-5-2-10(3-6-11)4-9-14(21)20-25(22,23)16-12(17)7-8-13(18)15(16)19/h2-3,5-8H,4,9H2,1H3,(H,20,21). The van der Waals surface area contributed by atoms with Crippen LogP contribution in [0.2, 0.25) is 5.02 Å². The van der Waals surface area contributed by atoms with E-state index in [1.807, 2.05) is 0 Å². The molecule has 0 saturated heterocycles. The third-order valence-electron chi connectivity index (χ3n) is 3.32. The maximum absolute atomic E-state index is 13.7. The van der Waals surface area contributed by atoms with Crippen molar-refractivity contribution in [2.24, 2.45) is 0 Å². The summed E-state index contributed by atoms with van der Waals surface area (Å²) in [7, 11) is -3.11. The van der Waals surface area contributed by atoms with E-state index in [-0.39, 0.29) is 12.8 Å². The fourth-order valence-corrected chi connectivity index (χ4v) is 3.67. The molecule has 0 bridgehead atoms. The van der Waals surface area contributed by atoms with Gasteiger partial charge < -0.3 is 4.74 Å². The summed E-state index contributed by atoms with van der Waals surface area (Å²) in [4.78, 5) is 10.8. The van der Waals surface area contributed by atoms with Gasteiger partial charge in [-0.1, -0.05) is 23.7 Å². The second kappa shape index (κ2) is 7.79. The fraction of sp³-hybridized carbons (Fsp3) is 0.188. The van der Waals surface area contributed by atoms with Crippen LogP contribution >= 0.6 is 11.6 Å². The number of aryl methyl sites for hydroxylation is 1. The van der Waals surface area contributed by atoms with Gasteiger partial charge in [0.25, 0.3) is 10.0 Å². The molecular formula is C16H14ClF2NO4S. The quantitative estimate of drug-likeness (QED) is 0.771. The average molecular weight is 390 g/mol. The van der Waals surface area contributed by atoms with Crippen LogP contribution in [0.1, 0.15) is 12.0 Å². The van der Waals surface area contributed by atoms with E-state index in [1.165, 1.54) is 7.11 Å². The SMILES string of the molecule is COc1ccc(CCC(=O)NS(=O)(=O)c2c(Cl)ccc(F)c2F)cc1. The molecule has 0 radical (unpaired) electrons. The minimum atomic E-state index is -4.62. The Labute approximate surface area is 148 Å². The maximum atomic E-state index is 13.7. The first-order chi connectivity index (χ1) is 11.7. The molecule has 0 fully saturated rings. The van der Waals surface area contributed by atoms with Gasteiger partial charge in [-0.3, -0.25) is 4.79 Å². The zero-order chi connectivity index (χ0) is 18.6. The van der Waals surface area contributed by atoms with Crippen LogP contribution in [0, 0.1) is 11.6 Å². The number of nitrogens with one attached hydrogen (secondary N) is 1. The molecule has 2 rings (SSSR count). The molecule has 25 heavy (non-hydrogen) atoms. The smallest absolute Gasteiger partial charge is 0.268 e. The number of sulfonamides is 1. The van der Waals surface area contributed by atoms with Gasteiger partial charge in [-0.05, 0) is 36.2 Å². The lowest BCUT2D eigenvalue weighted by Crippen LogP contribution is -2.31. The van der Waals surface area contributed by atoms with Crippen molar-refractivity contribution in [3.05, 3.63) is 58.6 Å². The number of hydrogen-bond acceptors (Lipinski definition) is 4. The molecule has 134 valence electrons. The highest BCUT2D eigenvalue weighted by molar-refractivity contribution is 7.90. The molecule has 0 heterocycles. The molecule has 0 aliphatic heterocycles. The van der Waals surface area contributed by atoms with Crippen molar-refractivity contribution in [3.8, 4) is 5.75 Å². The van der Waals surface area contributed by atoms with Crippen LogP contribution in [-0.4, -0.2) is 21.4 Å². The van der Waals surface area contributed by atoms with Crippen molar-refractivity contribution in [2.75, 3.05) is 7.11 Å². The molecule has 0 aliphatic carbocycles. The van der Waals surface area contributed by atoms with E-state index < -0.39 is 37.5 Å². The number of amides is 1. The van der Waals surface area contributed by atoms with E-state index in [0.29, 0.717) is 11.8 Å². The Hall–Kier alpha value is -2.19. The lowest BCUT2D eigenvalue weighted by atomic mass is 10.1. The van der Waals surface area contributed by atoms with Crippen molar-refractivity contribution in [2.45, 2.75) is 17.7 Å². The number of benzene rings is 2. The van der Waals surface area contributed by atoms with E-state index in [4.69, 9.17) is 16.3 Å². The Morgan fingerprint density at radius 3 is 2.40 bits per heavy atom. The minimum absolute atomic E-state index is 0.167. The van der Waals surface area contributed by atoms with Gasteiger partial charge in [-0.25, -0.2) is 21.9 Å². The second-order valence-corrected chi connectivity index (χ2v) is 7.08. The topological polar surface area (TPSA) is 72.5 Å². The van der Waals surface area contributed by atoms with Gasteiger partial charge in [-0.15, -0.1) is 0 Å². The molecule has 9 heteroatoms. The van der Waals surface area contributed by atoms with Gasteiger partial charge >= 0.3 is 0 Å². The van der Waals surface area contributed by atoms with Crippen LogP contribution < -0.4 is 9.46 Å². The van der Waals surface area contributed by atoms with Gasteiger partial charge in [0.15, 0.2) is 11.6 Å². The summed E-state index contributed by atoms with van der Waals surface area (Å²) < 4.78 is 57.8. The van der Waals surface area contributed by atoms with Crippen molar-refractivity contribution < 1.29 is 26.7 Å². The Morgan fingerprint density at radius 1 is 1.16 bits per heavy atom. The second-order valence-electron chi connectivity index (χ2n) is 5.05. The zero-order valence-corrected chi connectivity index (χ0v) is 14.6. The van der Waals surface area contributed by atoms with Crippen molar-refractivity contribution >= 4 is 27.5 Å². The average Bonchev–Trinajstić information content (AvgIpc) is 2.56. The molecule has 2 aromatic rings. The van der Waals surface area contributed by atoms with Gasteiger partial charge in [0.1, 0.15) is 10.6 Å². The first-order valence-corrected chi connectivity index (χ1v) is 8.93. The first kappa shape index (κ1) is 19.1. The van der Waals surface area contributed by atoms with E-state index in [9.17, 15) is 22.0 Å². The van der Waals surface area contributed by atoms with Crippen LogP contribution in [0.5, 0.6) is 5.75 Å². The highest BCUT2D eigenvalue weighted by atomic mass is 35.5. The van der Waals surface area contributed by atoms with Gasteiger partial charge in [-0.2, -0.15) is 0 Å². The number of hydrogen-bond donors (Lipinski definition) is 1. The van der Waals surface area contributed by atoms with E-state index in [0.717, 1.165) is 11.6 Å². The monoisotopic (exact) mass is 389 g/mol. The molecule has 2 aromatic carbocycles. The van der Waals surface area contributed by atoms with E-state index in [2.05, 4.69) is 0 Å². The molecule has 0 atom stereocenters. The molecule has 1 N–H and O–H groups in total. The summed E-state index contributed by atoms with van der Waals surface area (Å²) in [5, 5.41) is -0.519. The van der Waals surface area contributed by atoms with Crippen molar-refractivity contribution in [1.82, 2.24) is 4.72 Å². The summed E-state index contributed by atoms with van der Waals surface area (Å²) in [5.74, 6) is -3.24. The molecule has 0 aromatic heterocycles. The Bertz CT molecular complexity index is 886. The number of halogens is 3. The highest BCUT2D eigenvalue weighted by Crippen LogP contribution is 2.26. The van der Waals surface area contributed by atoms with Crippen LogP contribution in [0.3, 0.4) is 0 Å². The number of methoxy groups -OCH3 is 1. The number of rotatable bonds is 6. The predicted octanol–water partition coefficient (Wildman–Crippen LogP) is 3.06. The summed E-state index contributed by atoms with van der Waals surface area (Å²) in [6, 6.07) is 8.45. The van der Waals surface area contributed by atoms with Crippen LogP contribution in [-0.2, 0) is 21.2 Å². The lowest BCUT2D eigenvalue weighted by Gasteiger charge is -2.10. The Morgan fingerprint density at radius 2 is 1.80 bits per heavy atom. The third-order valence-corrected chi connectivity index (χ3v) is 5.18. The zero-order valence-electron chi connectivity index (χ0n) is 13.1. The Kier molecular flexibility index (Phi) is 5.97. The molecule has 0 aliphatic rings. The van der Waals surface area contributed by atoms with Crippen LogP contribution in [0.25, 0.3) is 0 Å². The third kappa shape index (κ3) is 4.67. The van der Waals surface area contributed by atoms with Gasteiger partial charge in [0.2, 0.25) is 5.91 Å². The van der Waals surface area contributed by atoms with E-state index in [1.54, 1.807) is 29.0 Å². The molecule has 0 saturated carbocycles. The van der Waals surface area contributed by atoms with Gasteiger partial charge in [0.05, 0.1) is 12.1 Å². The van der Waals surface area contributed by atoms with Crippen LogP contribution in [0.15, 0.2) is 41.3 Å².